The second-order valence-electron chi connectivity index (χ2n) is 6.00. The molecule has 1 N–H and O–H groups in total. The summed E-state index contributed by atoms with van der Waals surface area (Å²) < 4.78 is 0. The number of fused-ring (bicyclic) bond motifs is 2. The van der Waals surface area contributed by atoms with Crippen LogP contribution in [0.3, 0.4) is 0 Å². The van der Waals surface area contributed by atoms with E-state index in [-0.39, 0.29) is 0 Å². The largest absolute Gasteiger partial charge is 0.364 e. The summed E-state index contributed by atoms with van der Waals surface area (Å²) in [5.74, 6) is 0. The van der Waals surface area contributed by atoms with Gasteiger partial charge in [-0.05, 0) is 50.8 Å². The molecular weight excluding hydrogens is 246 g/mol. The van der Waals surface area contributed by atoms with Crippen LogP contribution in [0.5, 0.6) is 0 Å². The summed E-state index contributed by atoms with van der Waals surface area (Å²) in [5, 5.41) is 13.0. The minimum atomic E-state index is 0.598. The first-order valence-corrected chi connectivity index (χ1v) is 7.84. The molecule has 2 heterocycles. The first-order chi connectivity index (χ1) is 9.83. The van der Waals surface area contributed by atoms with Gasteiger partial charge in [0, 0.05) is 18.1 Å². The molecule has 0 aliphatic carbocycles. The molecule has 106 valence electrons. The molecular formula is C17H23N3. The van der Waals surface area contributed by atoms with Gasteiger partial charge in [0.1, 0.15) is 6.07 Å². The molecule has 0 spiro atoms. The van der Waals surface area contributed by atoms with Crippen molar-refractivity contribution < 1.29 is 0 Å². The highest BCUT2D eigenvalue weighted by Gasteiger charge is 2.38. The molecule has 0 radical (unpaired) electrons. The number of nitrogens with zero attached hydrogens (tertiary/aromatic N) is 2. The lowest BCUT2D eigenvalue weighted by Gasteiger charge is -2.50. The van der Waals surface area contributed by atoms with E-state index in [1.54, 1.807) is 0 Å². The smallest absolute Gasteiger partial charge is 0.101 e. The van der Waals surface area contributed by atoms with Crippen molar-refractivity contribution >= 4 is 5.69 Å². The third kappa shape index (κ3) is 2.41. The van der Waals surface area contributed by atoms with Crippen LogP contribution >= 0.6 is 0 Å². The molecule has 20 heavy (non-hydrogen) atoms. The highest BCUT2D eigenvalue weighted by Crippen LogP contribution is 2.38. The fourth-order valence-corrected chi connectivity index (χ4v) is 4.02. The lowest BCUT2D eigenvalue weighted by molar-refractivity contribution is 0.247. The van der Waals surface area contributed by atoms with E-state index in [0.717, 1.165) is 17.8 Å². The maximum Gasteiger partial charge on any atom is 0.101 e. The van der Waals surface area contributed by atoms with Crippen LogP contribution in [0, 0.1) is 11.3 Å². The fourth-order valence-electron chi connectivity index (χ4n) is 4.02. The maximum absolute atomic E-state index is 9.36. The fraction of sp³-hybridized carbons (Fsp3) is 0.588. The molecule has 2 fully saturated rings. The molecule has 3 rings (SSSR count). The molecule has 2 aliphatic heterocycles. The summed E-state index contributed by atoms with van der Waals surface area (Å²) in [6, 6.07) is 12.3. The number of anilines is 1. The Bertz CT molecular complexity index is 491. The summed E-state index contributed by atoms with van der Waals surface area (Å²) >= 11 is 0. The van der Waals surface area contributed by atoms with Crippen molar-refractivity contribution in [1.29, 1.82) is 5.26 Å². The standard InChI is InChI=1S/C17H23N3/c1-2-19-14-10-15-7-5-8-16(11-14)20(15)17-9-4-3-6-13(17)12-18/h3-4,6,9,14-16,19H,2,5,7-8,10-11H2,1H3. The summed E-state index contributed by atoms with van der Waals surface area (Å²) in [6.45, 7) is 3.24. The number of hydrogen-bond acceptors (Lipinski definition) is 3. The van der Waals surface area contributed by atoms with Gasteiger partial charge >= 0.3 is 0 Å². The minimum absolute atomic E-state index is 0.598. The van der Waals surface area contributed by atoms with Crippen molar-refractivity contribution in [1.82, 2.24) is 5.32 Å². The third-order valence-electron chi connectivity index (χ3n) is 4.77. The van der Waals surface area contributed by atoms with E-state index >= 15 is 0 Å². The van der Waals surface area contributed by atoms with Crippen LogP contribution in [-0.2, 0) is 0 Å². The van der Waals surface area contributed by atoms with Crippen molar-refractivity contribution in [3.63, 3.8) is 0 Å². The quantitative estimate of drug-likeness (QED) is 0.916. The summed E-state index contributed by atoms with van der Waals surface area (Å²) in [4.78, 5) is 2.55. The average molecular weight is 269 g/mol. The number of piperidine rings is 2. The summed E-state index contributed by atoms with van der Waals surface area (Å²) in [6.07, 6.45) is 6.28. The van der Waals surface area contributed by atoms with Crippen molar-refractivity contribution in [2.24, 2.45) is 0 Å². The molecule has 2 aliphatic rings. The number of benzene rings is 1. The van der Waals surface area contributed by atoms with Gasteiger partial charge < -0.3 is 10.2 Å². The van der Waals surface area contributed by atoms with Crippen LogP contribution in [0.25, 0.3) is 0 Å². The molecule has 0 amide bonds. The third-order valence-corrected chi connectivity index (χ3v) is 4.77. The van der Waals surface area contributed by atoms with E-state index in [1.807, 2.05) is 12.1 Å². The Kier molecular flexibility index (Phi) is 3.93. The Balaban J connectivity index is 1.89. The first kappa shape index (κ1) is 13.5. The van der Waals surface area contributed by atoms with Gasteiger partial charge in [-0.1, -0.05) is 19.1 Å². The van der Waals surface area contributed by atoms with Gasteiger partial charge in [-0.15, -0.1) is 0 Å². The monoisotopic (exact) mass is 269 g/mol. The molecule has 2 unspecified atom stereocenters. The normalized spacial score (nSPS) is 29.0. The lowest BCUT2D eigenvalue weighted by Crippen LogP contribution is -2.56. The molecule has 2 saturated heterocycles. The average Bonchev–Trinajstić information content (AvgIpc) is 2.46. The molecule has 0 saturated carbocycles. The van der Waals surface area contributed by atoms with E-state index in [4.69, 9.17) is 0 Å². The van der Waals surface area contributed by atoms with Gasteiger partial charge in [0.2, 0.25) is 0 Å². The predicted octanol–water partition coefficient (Wildman–Crippen LogP) is 3.06. The molecule has 2 bridgehead atoms. The van der Waals surface area contributed by atoms with Crippen molar-refractivity contribution in [3.05, 3.63) is 29.8 Å². The number of para-hydroxylation sites is 1. The molecule has 1 aromatic rings. The van der Waals surface area contributed by atoms with Gasteiger partial charge in [-0.25, -0.2) is 0 Å². The zero-order valence-electron chi connectivity index (χ0n) is 12.2. The number of nitrogens with one attached hydrogen (secondary N) is 1. The highest BCUT2D eigenvalue weighted by molar-refractivity contribution is 5.61. The topological polar surface area (TPSA) is 39.1 Å². The van der Waals surface area contributed by atoms with E-state index in [1.165, 1.54) is 32.1 Å². The SMILES string of the molecule is CCNC1CC2CCCC(C1)N2c1ccccc1C#N. The molecule has 0 aromatic heterocycles. The second-order valence-corrected chi connectivity index (χ2v) is 6.00. The van der Waals surface area contributed by atoms with Crippen LogP contribution in [-0.4, -0.2) is 24.7 Å². The minimum Gasteiger partial charge on any atom is -0.364 e. The number of nitriles is 1. The van der Waals surface area contributed by atoms with E-state index in [2.05, 4.69) is 35.3 Å². The molecule has 1 aromatic carbocycles. The Hall–Kier alpha value is -1.53. The second kappa shape index (κ2) is 5.85. The van der Waals surface area contributed by atoms with Gasteiger partial charge in [0.25, 0.3) is 0 Å². The highest BCUT2D eigenvalue weighted by atomic mass is 15.2. The van der Waals surface area contributed by atoms with E-state index < -0.39 is 0 Å². The van der Waals surface area contributed by atoms with Crippen LogP contribution < -0.4 is 10.2 Å². The van der Waals surface area contributed by atoms with Gasteiger partial charge in [-0.3, -0.25) is 0 Å². The Morgan fingerprint density at radius 1 is 1.25 bits per heavy atom. The number of rotatable bonds is 3. The Labute approximate surface area is 121 Å². The van der Waals surface area contributed by atoms with Crippen molar-refractivity contribution in [3.8, 4) is 6.07 Å². The van der Waals surface area contributed by atoms with Crippen LogP contribution in [0.15, 0.2) is 24.3 Å². The predicted molar refractivity (Wildman–Crippen MR) is 81.8 cm³/mol. The van der Waals surface area contributed by atoms with Gasteiger partial charge in [0.05, 0.1) is 11.3 Å². The Morgan fingerprint density at radius 3 is 2.60 bits per heavy atom. The zero-order chi connectivity index (χ0) is 13.9. The van der Waals surface area contributed by atoms with Gasteiger partial charge in [-0.2, -0.15) is 5.26 Å². The first-order valence-electron chi connectivity index (χ1n) is 7.84. The van der Waals surface area contributed by atoms with Gasteiger partial charge in [0.15, 0.2) is 0 Å². The lowest BCUT2D eigenvalue weighted by atomic mass is 9.81. The van der Waals surface area contributed by atoms with Crippen molar-refractivity contribution in [2.45, 2.75) is 57.2 Å². The van der Waals surface area contributed by atoms with Crippen LogP contribution in [0.2, 0.25) is 0 Å². The number of hydrogen-bond donors (Lipinski definition) is 1. The maximum atomic E-state index is 9.36. The molecule has 3 heteroatoms. The van der Waals surface area contributed by atoms with E-state index in [0.29, 0.717) is 18.1 Å². The van der Waals surface area contributed by atoms with E-state index in [9.17, 15) is 5.26 Å². The Morgan fingerprint density at radius 2 is 1.95 bits per heavy atom. The summed E-state index contributed by atoms with van der Waals surface area (Å²) in [5.41, 5.74) is 1.98. The van der Waals surface area contributed by atoms with Crippen LogP contribution in [0.4, 0.5) is 5.69 Å². The summed E-state index contributed by atoms with van der Waals surface area (Å²) in [7, 11) is 0. The van der Waals surface area contributed by atoms with Crippen molar-refractivity contribution in [2.75, 3.05) is 11.4 Å². The molecule has 2 atom stereocenters. The molecule has 3 nitrogen and oxygen atoms in total. The zero-order valence-corrected chi connectivity index (χ0v) is 12.2. The van der Waals surface area contributed by atoms with Crippen LogP contribution in [0.1, 0.15) is 44.6 Å².